The average molecular weight is 588 g/mol. The fraction of sp³-hybridized carbons (Fsp3) is 0. The Hall–Kier alpha value is 0.727. The summed E-state index contributed by atoms with van der Waals surface area (Å²) in [6.45, 7) is 0. The third-order valence-electron chi connectivity index (χ3n) is 0. The van der Waals surface area contributed by atoms with E-state index < -0.39 is 41.6 Å². The van der Waals surface area contributed by atoms with Gasteiger partial charge in [0.25, 0.3) is 0 Å². The van der Waals surface area contributed by atoms with Gasteiger partial charge in [0.1, 0.15) is 0 Å². The predicted octanol–water partition coefficient (Wildman–Crippen LogP) is -4.67. The van der Waals surface area contributed by atoms with E-state index in [0.717, 1.165) is 0 Å². The molecule has 0 rings (SSSR count). The molecule has 0 heterocycles. The van der Waals surface area contributed by atoms with E-state index in [1.807, 2.05) is 0 Å². The predicted molar refractivity (Wildman–Crippen MR) is 45.6 cm³/mol. The van der Waals surface area contributed by atoms with E-state index in [2.05, 4.69) is 0 Å². The van der Waals surface area contributed by atoms with E-state index in [4.69, 9.17) is 70.1 Å². The first-order valence-corrected chi connectivity index (χ1v) is 8.10. The normalized spacial score (nSPS) is 10.5. The molecule has 0 aromatic heterocycles. The molecular formula is H2O16Ru2S4. The van der Waals surface area contributed by atoms with Gasteiger partial charge in [-0.3, -0.25) is 34.4 Å². The van der Waals surface area contributed by atoms with E-state index in [9.17, 15) is 0 Å². The summed E-state index contributed by atoms with van der Waals surface area (Å²) in [5.41, 5.74) is 0. The summed E-state index contributed by atoms with van der Waals surface area (Å²) in [5, 5.41) is 0. The van der Waals surface area contributed by atoms with Gasteiger partial charge in [-0.2, -0.15) is 8.42 Å². The molecule has 0 aromatic carbocycles. The van der Waals surface area contributed by atoms with E-state index >= 15 is 0 Å². The molecule has 0 spiro atoms. The molecule has 0 saturated heterocycles. The Kier molecular flexibility index (Phi) is 26.6. The third kappa shape index (κ3) is 15300. The second-order valence-corrected chi connectivity index (χ2v) is 5.02. The van der Waals surface area contributed by atoms with Crippen LogP contribution in [0.25, 0.3) is 0 Å². The Bertz CT molecular complexity index is 477. The molecule has 138 valence electrons. The van der Waals surface area contributed by atoms with Crippen molar-refractivity contribution in [3.05, 3.63) is 0 Å². The molecule has 0 aliphatic rings. The summed E-state index contributed by atoms with van der Waals surface area (Å²) in [5.74, 6) is 0. The van der Waals surface area contributed by atoms with Crippen LogP contribution < -0.4 is 0 Å². The molecule has 16 nitrogen and oxygen atoms in total. The Morgan fingerprint density at radius 2 is 0.455 bits per heavy atom. The molecule has 2 N–H and O–H groups in total. The van der Waals surface area contributed by atoms with E-state index in [1.165, 1.54) is 0 Å². The van der Waals surface area contributed by atoms with Crippen LogP contribution in [0.4, 0.5) is 0 Å². The first-order valence-electron chi connectivity index (χ1n) is 2.70. The Morgan fingerprint density at radius 3 is 0.455 bits per heavy atom. The third-order valence-corrected chi connectivity index (χ3v) is 0. The summed E-state index contributed by atoms with van der Waals surface area (Å²) < 4.78 is 134. The minimum Gasteiger partial charge on any atom is -0.759 e. The fourth-order valence-corrected chi connectivity index (χ4v) is 0. The zero-order valence-corrected chi connectivity index (χ0v) is 15.7. The second-order valence-electron chi connectivity index (χ2n) is 1.67. The van der Waals surface area contributed by atoms with Gasteiger partial charge in [-0.05, 0) is 0 Å². The first kappa shape index (κ1) is 38.3. The summed E-state index contributed by atoms with van der Waals surface area (Å²) in [4.78, 5) is 0. The maximum absolute atomic E-state index is 8.74. The van der Waals surface area contributed by atoms with Crippen molar-refractivity contribution in [3.8, 4) is 0 Å². The van der Waals surface area contributed by atoms with Crippen LogP contribution in [0.1, 0.15) is 0 Å². The van der Waals surface area contributed by atoms with Crippen LogP contribution in [-0.2, 0) is 80.6 Å². The zero-order chi connectivity index (χ0) is 18.0. The molecule has 0 saturated carbocycles. The van der Waals surface area contributed by atoms with Crippen LogP contribution >= 0.6 is 0 Å². The van der Waals surface area contributed by atoms with Crippen molar-refractivity contribution in [2.75, 3.05) is 0 Å². The van der Waals surface area contributed by atoms with Crippen molar-refractivity contribution in [3.63, 3.8) is 0 Å². The smallest absolute Gasteiger partial charge is 0.759 e. The molecule has 2 radical (unpaired) electrons. The molecule has 0 bridgehead atoms. The largest absolute Gasteiger partial charge is 3.00 e. The van der Waals surface area contributed by atoms with Crippen molar-refractivity contribution in [2.24, 2.45) is 0 Å². The number of hydrogen-bond acceptors (Lipinski definition) is 14. The van der Waals surface area contributed by atoms with Gasteiger partial charge in [0.15, 0.2) is 0 Å². The minimum absolute atomic E-state index is 0. The van der Waals surface area contributed by atoms with Crippen LogP contribution in [-0.4, -0.2) is 70.1 Å². The summed E-state index contributed by atoms with van der Waals surface area (Å²) >= 11 is 0. The summed E-state index contributed by atoms with van der Waals surface area (Å²) in [6, 6.07) is 0. The van der Waals surface area contributed by atoms with Crippen LogP contribution in [0.15, 0.2) is 0 Å². The fourth-order valence-electron chi connectivity index (χ4n) is 0. The van der Waals surface area contributed by atoms with Crippen molar-refractivity contribution in [1.82, 2.24) is 0 Å². The average Bonchev–Trinajstić information content (AvgIpc) is 1.62. The molecule has 0 amide bonds. The molecule has 22 heavy (non-hydrogen) atoms. The van der Waals surface area contributed by atoms with Gasteiger partial charge < -0.3 is 27.3 Å². The van der Waals surface area contributed by atoms with Gasteiger partial charge in [0.05, 0.1) is 0 Å². The molecule has 0 aromatic rings. The molecule has 22 heteroatoms. The molecular weight excluding hydrogens is 586 g/mol. The van der Waals surface area contributed by atoms with Gasteiger partial charge >= 0.3 is 49.4 Å². The molecule has 0 aliphatic carbocycles. The summed E-state index contributed by atoms with van der Waals surface area (Å²) in [6.07, 6.45) is 0. The Balaban J connectivity index is -0.0000000376. The van der Waals surface area contributed by atoms with Crippen molar-refractivity contribution >= 4 is 41.6 Å². The number of rotatable bonds is 0. The van der Waals surface area contributed by atoms with Crippen LogP contribution in [0, 0.1) is 0 Å². The SMILES string of the molecule is O=S(=O)(O)O.O=S(=O)([O-])[O-].O=S(=O)([O-])[O-].O=S(=O)([O-])[O-].[Ru+3].[Ru+3]. The van der Waals surface area contributed by atoms with Gasteiger partial charge in [0, 0.05) is 31.2 Å². The maximum atomic E-state index is 8.74. The van der Waals surface area contributed by atoms with Gasteiger partial charge in [-0.15, -0.1) is 0 Å². The zero-order valence-electron chi connectivity index (χ0n) is 8.95. The molecule has 0 atom stereocenters. The quantitative estimate of drug-likeness (QED) is 0.152. The topological polar surface area (TPSA) is 315 Å². The maximum Gasteiger partial charge on any atom is 3.00 e. The van der Waals surface area contributed by atoms with Gasteiger partial charge in [-0.1, -0.05) is 0 Å². The van der Waals surface area contributed by atoms with Crippen LogP contribution in [0.5, 0.6) is 0 Å². The molecule has 0 unspecified atom stereocenters. The van der Waals surface area contributed by atoms with Crippen LogP contribution in [0.2, 0.25) is 0 Å². The number of hydrogen-bond donors (Lipinski definition) is 2. The van der Waals surface area contributed by atoms with Crippen LogP contribution in [0.3, 0.4) is 0 Å². The monoisotopic (exact) mass is 590 g/mol. The van der Waals surface area contributed by atoms with Crippen molar-refractivity contribution in [2.45, 2.75) is 0 Å². The molecule has 0 fully saturated rings. The molecule has 0 aliphatic heterocycles. The Labute approximate surface area is 150 Å². The van der Waals surface area contributed by atoms with Crippen molar-refractivity contribution in [1.29, 1.82) is 0 Å². The Morgan fingerprint density at radius 1 is 0.455 bits per heavy atom. The van der Waals surface area contributed by atoms with E-state index in [0.29, 0.717) is 0 Å². The van der Waals surface area contributed by atoms with E-state index in [-0.39, 0.29) is 39.0 Å². The minimum atomic E-state index is -5.17. The second kappa shape index (κ2) is 15.3. The first-order chi connectivity index (χ1) is 8.00. The van der Waals surface area contributed by atoms with E-state index in [1.54, 1.807) is 0 Å². The summed E-state index contributed by atoms with van der Waals surface area (Å²) in [7, 11) is -20.2. The standard InChI is InChI=1S/4H2O4S.2Ru/c4*1-5(2,3)4;;/h4*(H2,1,2,3,4);;/q;;;;2*+3/p-6. The van der Waals surface area contributed by atoms with Gasteiger partial charge in [0.2, 0.25) is 0 Å². The van der Waals surface area contributed by atoms with Gasteiger partial charge in [-0.25, -0.2) is 0 Å². The van der Waals surface area contributed by atoms with Crippen molar-refractivity contribution < 1.29 is 109 Å².